The molecule has 2 heteroatoms. The van der Waals surface area contributed by atoms with Gasteiger partial charge in [-0.15, -0.1) is 0 Å². The summed E-state index contributed by atoms with van der Waals surface area (Å²) in [6, 6.07) is 0. The maximum atomic E-state index is 4.93. The fourth-order valence-electron chi connectivity index (χ4n) is 8.42. The first-order chi connectivity index (χ1) is 18.8. The molecule has 0 aromatic carbocycles. The Kier molecular flexibility index (Phi) is 13.5. The average Bonchev–Trinajstić information content (AvgIpc) is 2.98. The predicted molar refractivity (Wildman–Crippen MR) is 164 cm³/mol. The molecule has 0 spiro atoms. The molecule has 0 amide bonds. The molecule has 1 aromatic rings. The van der Waals surface area contributed by atoms with E-state index < -0.39 is 0 Å². The lowest BCUT2D eigenvalue weighted by molar-refractivity contribution is 0.155. The van der Waals surface area contributed by atoms with Crippen molar-refractivity contribution in [2.24, 2.45) is 23.7 Å². The summed E-state index contributed by atoms with van der Waals surface area (Å²) < 4.78 is 0. The van der Waals surface area contributed by atoms with Crippen molar-refractivity contribution in [2.45, 2.75) is 180 Å². The van der Waals surface area contributed by atoms with Crippen LogP contribution in [0.1, 0.15) is 191 Å². The summed E-state index contributed by atoms with van der Waals surface area (Å²) in [5, 5.41) is 0. The lowest BCUT2D eigenvalue weighted by Crippen LogP contribution is -2.25. The van der Waals surface area contributed by atoms with Gasteiger partial charge in [0.1, 0.15) is 5.82 Å². The summed E-state index contributed by atoms with van der Waals surface area (Å²) in [5.41, 5.74) is 1.43. The van der Waals surface area contributed by atoms with Crippen LogP contribution in [0.3, 0.4) is 0 Å². The van der Waals surface area contributed by atoms with Crippen molar-refractivity contribution in [3.8, 4) is 0 Å². The fraction of sp³-hybridized carbons (Fsp3) is 0.889. The molecule has 0 bridgehead atoms. The molecule has 3 saturated carbocycles. The minimum atomic E-state index is 0.614. The van der Waals surface area contributed by atoms with Gasteiger partial charge in [0.05, 0.1) is 0 Å². The topological polar surface area (TPSA) is 25.8 Å². The Hall–Kier alpha value is -0.920. The van der Waals surface area contributed by atoms with Crippen LogP contribution in [0, 0.1) is 23.7 Å². The summed E-state index contributed by atoms with van der Waals surface area (Å²) in [7, 11) is 0. The van der Waals surface area contributed by atoms with E-state index in [1.54, 1.807) is 0 Å². The Bertz CT molecular complexity index is 718. The third kappa shape index (κ3) is 9.62. The van der Waals surface area contributed by atoms with Crippen LogP contribution in [0.15, 0.2) is 12.4 Å². The van der Waals surface area contributed by atoms with Gasteiger partial charge < -0.3 is 0 Å². The molecule has 2 nitrogen and oxygen atoms in total. The van der Waals surface area contributed by atoms with Crippen molar-refractivity contribution < 1.29 is 0 Å². The second-order valence-electron chi connectivity index (χ2n) is 13.9. The van der Waals surface area contributed by atoms with Crippen molar-refractivity contribution >= 4 is 0 Å². The van der Waals surface area contributed by atoms with Gasteiger partial charge >= 0.3 is 0 Å². The van der Waals surface area contributed by atoms with Crippen LogP contribution in [0.5, 0.6) is 0 Å². The van der Waals surface area contributed by atoms with Crippen LogP contribution < -0.4 is 0 Å². The van der Waals surface area contributed by atoms with Gasteiger partial charge in [0.2, 0.25) is 0 Å². The van der Waals surface area contributed by atoms with E-state index in [0.717, 1.165) is 29.5 Å². The standard InChI is InChI=1S/C36H62N2/c1-3-5-7-8-9-10-12-14-30-15-19-31(20-16-30)32-23-25-33(26-24-32)35-27-37-36(38-28-35)34-21-17-29(18-22-34)13-11-6-4-2/h27-34H,3-26H2,1-2H3/t29-,30-,31-,32-,33-,34-. The molecule has 0 N–H and O–H groups in total. The molecule has 0 unspecified atom stereocenters. The molecule has 3 aliphatic rings. The fourth-order valence-corrected chi connectivity index (χ4v) is 8.42. The summed E-state index contributed by atoms with van der Waals surface area (Å²) in [6.45, 7) is 4.63. The monoisotopic (exact) mass is 522 g/mol. The molecule has 1 aromatic heterocycles. The van der Waals surface area contributed by atoms with E-state index in [2.05, 4.69) is 26.2 Å². The maximum Gasteiger partial charge on any atom is 0.131 e. The van der Waals surface area contributed by atoms with Gasteiger partial charge in [0.15, 0.2) is 0 Å². The number of hydrogen-bond acceptors (Lipinski definition) is 2. The third-order valence-corrected chi connectivity index (χ3v) is 11.1. The minimum absolute atomic E-state index is 0.614. The van der Waals surface area contributed by atoms with Crippen molar-refractivity contribution in [3.63, 3.8) is 0 Å². The molecule has 1 heterocycles. The maximum absolute atomic E-state index is 4.93. The van der Waals surface area contributed by atoms with E-state index in [4.69, 9.17) is 9.97 Å². The van der Waals surface area contributed by atoms with Crippen molar-refractivity contribution in [3.05, 3.63) is 23.8 Å². The molecule has 3 fully saturated rings. The summed E-state index contributed by atoms with van der Waals surface area (Å²) in [5.74, 6) is 6.50. The zero-order chi connectivity index (χ0) is 26.4. The summed E-state index contributed by atoms with van der Waals surface area (Å²) in [4.78, 5) is 9.87. The molecule has 0 radical (unpaired) electrons. The Morgan fingerprint density at radius 1 is 0.500 bits per heavy atom. The first-order valence-electron chi connectivity index (χ1n) is 17.6. The average molecular weight is 523 g/mol. The van der Waals surface area contributed by atoms with Gasteiger partial charge in [-0.25, -0.2) is 9.97 Å². The SMILES string of the molecule is CCCCCCCCC[C@H]1CC[C@H]([C@H]2CC[C@H](c3cnc([C@H]4CC[C@H](CCCCC)CC4)nc3)CC2)CC1. The highest BCUT2D eigenvalue weighted by Gasteiger charge is 2.31. The number of aromatic nitrogens is 2. The van der Waals surface area contributed by atoms with Crippen LogP contribution in [-0.2, 0) is 0 Å². The van der Waals surface area contributed by atoms with Gasteiger partial charge in [-0.05, 0) is 99.4 Å². The van der Waals surface area contributed by atoms with Crippen molar-refractivity contribution in [1.29, 1.82) is 0 Å². The largest absolute Gasteiger partial charge is 0.241 e. The minimum Gasteiger partial charge on any atom is -0.241 e. The normalized spacial score (nSPS) is 30.4. The highest BCUT2D eigenvalue weighted by Crippen LogP contribution is 2.44. The molecular weight excluding hydrogens is 460 g/mol. The molecule has 4 rings (SSSR count). The lowest BCUT2D eigenvalue weighted by Gasteiger charge is -2.38. The number of nitrogens with zero attached hydrogens (tertiary/aromatic N) is 2. The first-order valence-corrected chi connectivity index (χ1v) is 17.6. The quantitative estimate of drug-likeness (QED) is 0.214. The van der Waals surface area contributed by atoms with Crippen LogP contribution >= 0.6 is 0 Å². The number of hydrogen-bond donors (Lipinski definition) is 0. The predicted octanol–water partition coefficient (Wildman–Crippen LogP) is 11.6. The van der Waals surface area contributed by atoms with E-state index >= 15 is 0 Å². The van der Waals surface area contributed by atoms with E-state index in [1.165, 1.54) is 160 Å². The van der Waals surface area contributed by atoms with Gasteiger partial charge in [0, 0.05) is 18.3 Å². The van der Waals surface area contributed by atoms with E-state index in [1.807, 2.05) is 0 Å². The Labute approximate surface area is 237 Å². The van der Waals surface area contributed by atoms with Crippen LogP contribution in [-0.4, -0.2) is 9.97 Å². The Balaban J connectivity index is 1.10. The molecule has 3 aliphatic carbocycles. The van der Waals surface area contributed by atoms with E-state index in [-0.39, 0.29) is 0 Å². The molecule has 0 aliphatic heterocycles. The Morgan fingerprint density at radius 3 is 1.50 bits per heavy atom. The molecular formula is C36H62N2. The van der Waals surface area contributed by atoms with Crippen molar-refractivity contribution in [1.82, 2.24) is 9.97 Å². The van der Waals surface area contributed by atoms with Crippen LogP contribution in [0.4, 0.5) is 0 Å². The second kappa shape index (κ2) is 17.0. The van der Waals surface area contributed by atoms with E-state index in [9.17, 15) is 0 Å². The highest BCUT2D eigenvalue weighted by atomic mass is 14.9. The highest BCUT2D eigenvalue weighted by molar-refractivity contribution is 5.14. The lowest BCUT2D eigenvalue weighted by atomic mass is 9.68. The van der Waals surface area contributed by atoms with Crippen LogP contribution in [0.2, 0.25) is 0 Å². The molecule has 38 heavy (non-hydrogen) atoms. The zero-order valence-electron chi connectivity index (χ0n) is 25.5. The Morgan fingerprint density at radius 2 is 0.921 bits per heavy atom. The van der Waals surface area contributed by atoms with Crippen molar-refractivity contribution in [2.75, 3.05) is 0 Å². The van der Waals surface area contributed by atoms with Gasteiger partial charge in [-0.1, -0.05) is 104 Å². The first kappa shape index (κ1) is 30.0. The van der Waals surface area contributed by atoms with Gasteiger partial charge in [-0.3, -0.25) is 0 Å². The summed E-state index contributed by atoms with van der Waals surface area (Å²) in [6.07, 6.45) is 38.9. The van der Waals surface area contributed by atoms with Crippen LogP contribution in [0.25, 0.3) is 0 Å². The van der Waals surface area contributed by atoms with Gasteiger partial charge in [0.25, 0.3) is 0 Å². The number of rotatable bonds is 15. The third-order valence-electron chi connectivity index (χ3n) is 11.1. The van der Waals surface area contributed by atoms with E-state index in [0.29, 0.717) is 11.8 Å². The van der Waals surface area contributed by atoms with Gasteiger partial charge in [-0.2, -0.15) is 0 Å². The second-order valence-corrected chi connectivity index (χ2v) is 13.9. The summed E-state index contributed by atoms with van der Waals surface area (Å²) >= 11 is 0. The molecule has 0 saturated heterocycles. The molecule has 216 valence electrons. The zero-order valence-corrected chi connectivity index (χ0v) is 25.5. The molecule has 0 atom stereocenters. The smallest absolute Gasteiger partial charge is 0.131 e. The number of unbranched alkanes of at least 4 members (excludes halogenated alkanes) is 8.